The molecule has 3 aromatic carbocycles. The van der Waals surface area contributed by atoms with Gasteiger partial charge < -0.3 is 18.8 Å². The molecule has 0 saturated heterocycles. The molecule has 1 aromatic heterocycles. The molecular formula is C25H22N2O3. The van der Waals surface area contributed by atoms with Gasteiger partial charge in [0.05, 0.1) is 19.9 Å². The van der Waals surface area contributed by atoms with E-state index in [0.29, 0.717) is 11.5 Å². The average molecular weight is 398 g/mol. The van der Waals surface area contributed by atoms with E-state index in [2.05, 4.69) is 4.99 Å². The predicted molar refractivity (Wildman–Crippen MR) is 119 cm³/mol. The third kappa shape index (κ3) is 4.52. The molecular weight excluding hydrogens is 376 g/mol. The van der Waals surface area contributed by atoms with E-state index >= 15 is 0 Å². The summed E-state index contributed by atoms with van der Waals surface area (Å²) in [4.78, 5) is 4.55. The van der Waals surface area contributed by atoms with Crippen LogP contribution in [0.25, 0.3) is 5.69 Å². The van der Waals surface area contributed by atoms with Crippen LogP contribution in [0.1, 0.15) is 5.56 Å². The van der Waals surface area contributed by atoms with E-state index in [0.717, 1.165) is 28.4 Å². The normalized spacial score (nSPS) is 10.9. The van der Waals surface area contributed by atoms with E-state index in [1.165, 1.54) is 0 Å². The molecule has 0 N–H and O–H groups in total. The van der Waals surface area contributed by atoms with E-state index in [4.69, 9.17) is 14.2 Å². The van der Waals surface area contributed by atoms with Gasteiger partial charge in [-0.1, -0.05) is 12.1 Å². The molecule has 0 atom stereocenters. The average Bonchev–Trinajstić information content (AvgIpc) is 3.28. The predicted octanol–water partition coefficient (Wildman–Crippen LogP) is 6.04. The van der Waals surface area contributed by atoms with Gasteiger partial charge in [-0.05, 0) is 66.7 Å². The molecule has 0 aliphatic carbocycles. The van der Waals surface area contributed by atoms with Gasteiger partial charge in [0, 0.05) is 29.9 Å². The van der Waals surface area contributed by atoms with Gasteiger partial charge in [-0.15, -0.1) is 0 Å². The second-order valence-corrected chi connectivity index (χ2v) is 6.56. The third-order valence-corrected chi connectivity index (χ3v) is 4.58. The minimum atomic E-state index is 0.677. The molecule has 0 fully saturated rings. The Kier molecular flexibility index (Phi) is 5.80. The van der Waals surface area contributed by atoms with E-state index in [1.54, 1.807) is 14.2 Å². The molecule has 0 radical (unpaired) electrons. The Morgan fingerprint density at radius 1 is 0.733 bits per heavy atom. The Hall–Kier alpha value is -3.99. The highest BCUT2D eigenvalue weighted by Crippen LogP contribution is 2.31. The van der Waals surface area contributed by atoms with Gasteiger partial charge in [0.2, 0.25) is 0 Å². The van der Waals surface area contributed by atoms with Crippen LogP contribution in [0.15, 0.2) is 96.2 Å². The summed E-state index contributed by atoms with van der Waals surface area (Å²) in [6.07, 6.45) is 5.88. The molecule has 1 heterocycles. The zero-order valence-electron chi connectivity index (χ0n) is 16.9. The highest BCUT2D eigenvalue weighted by atomic mass is 16.5. The maximum absolute atomic E-state index is 5.90. The Labute approximate surface area is 175 Å². The van der Waals surface area contributed by atoms with Gasteiger partial charge in [-0.3, -0.25) is 4.99 Å². The van der Waals surface area contributed by atoms with Crippen molar-refractivity contribution < 1.29 is 14.2 Å². The van der Waals surface area contributed by atoms with Crippen molar-refractivity contribution in [2.45, 2.75) is 0 Å². The summed E-state index contributed by atoms with van der Waals surface area (Å²) < 4.78 is 18.5. The Morgan fingerprint density at radius 3 is 2.13 bits per heavy atom. The lowest BCUT2D eigenvalue weighted by molar-refractivity contribution is 0.379. The molecule has 150 valence electrons. The molecule has 0 bridgehead atoms. The molecule has 5 heteroatoms. The molecule has 5 nitrogen and oxygen atoms in total. The molecule has 0 amide bonds. The molecule has 0 aliphatic heterocycles. The van der Waals surface area contributed by atoms with Gasteiger partial charge in [0.25, 0.3) is 0 Å². The van der Waals surface area contributed by atoms with Crippen molar-refractivity contribution in [3.63, 3.8) is 0 Å². The first-order valence-electron chi connectivity index (χ1n) is 9.52. The fourth-order valence-corrected chi connectivity index (χ4v) is 2.98. The van der Waals surface area contributed by atoms with Crippen molar-refractivity contribution in [1.29, 1.82) is 0 Å². The molecule has 0 unspecified atom stereocenters. The summed E-state index contributed by atoms with van der Waals surface area (Å²) >= 11 is 0. The van der Waals surface area contributed by atoms with Crippen molar-refractivity contribution in [3.05, 3.63) is 96.8 Å². The highest BCUT2D eigenvalue weighted by molar-refractivity contribution is 5.81. The van der Waals surface area contributed by atoms with Crippen LogP contribution in [-0.4, -0.2) is 25.0 Å². The summed E-state index contributed by atoms with van der Waals surface area (Å²) in [6.45, 7) is 0. The second-order valence-electron chi connectivity index (χ2n) is 6.56. The van der Waals surface area contributed by atoms with Gasteiger partial charge in [0.15, 0.2) is 11.5 Å². The first kappa shape index (κ1) is 19.3. The zero-order chi connectivity index (χ0) is 20.8. The summed E-state index contributed by atoms with van der Waals surface area (Å²) in [7, 11) is 3.29. The molecule has 0 spiro atoms. The number of hydrogen-bond acceptors (Lipinski definition) is 4. The first-order chi connectivity index (χ1) is 14.7. The number of aromatic nitrogens is 1. The fourth-order valence-electron chi connectivity index (χ4n) is 2.98. The van der Waals surface area contributed by atoms with Gasteiger partial charge in [-0.2, -0.15) is 0 Å². The number of nitrogens with zero attached hydrogens (tertiary/aromatic N) is 2. The first-order valence-corrected chi connectivity index (χ1v) is 9.52. The minimum absolute atomic E-state index is 0.677. The Balaban J connectivity index is 1.42. The number of hydrogen-bond donors (Lipinski definition) is 0. The smallest absolute Gasteiger partial charge is 0.169 e. The van der Waals surface area contributed by atoms with Gasteiger partial charge in [0.1, 0.15) is 11.5 Å². The van der Waals surface area contributed by atoms with Crippen LogP contribution >= 0.6 is 0 Å². The second kappa shape index (κ2) is 9.01. The summed E-state index contributed by atoms with van der Waals surface area (Å²) in [5.74, 6) is 2.94. The summed E-state index contributed by atoms with van der Waals surface area (Å²) in [6, 6.07) is 25.1. The van der Waals surface area contributed by atoms with Crippen LogP contribution in [-0.2, 0) is 0 Å². The van der Waals surface area contributed by atoms with Gasteiger partial charge in [-0.25, -0.2) is 0 Å². The summed E-state index contributed by atoms with van der Waals surface area (Å²) in [5, 5.41) is 0. The van der Waals surface area contributed by atoms with Crippen molar-refractivity contribution >= 4 is 11.9 Å². The third-order valence-electron chi connectivity index (χ3n) is 4.58. The van der Waals surface area contributed by atoms with Crippen LogP contribution in [0.4, 0.5) is 5.69 Å². The van der Waals surface area contributed by atoms with E-state index in [1.807, 2.05) is 102 Å². The fraction of sp³-hybridized carbons (Fsp3) is 0.0800. The molecule has 4 rings (SSSR count). The Morgan fingerprint density at radius 2 is 1.43 bits per heavy atom. The Bertz CT molecular complexity index is 1130. The highest BCUT2D eigenvalue weighted by Gasteiger charge is 2.04. The van der Waals surface area contributed by atoms with Crippen LogP contribution in [0.2, 0.25) is 0 Å². The van der Waals surface area contributed by atoms with Gasteiger partial charge >= 0.3 is 0 Å². The molecule has 0 aliphatic rings. The van der Waals surface area contributed by atoms with Crippen molar-refractivity contribution in [2.75, 3.05) is 14.2 Å². The zero-order valence-corrected chi connectivity index (χ0v) is 16.9. The number of aliphatic imine (C=N–C) groups is 1. The number of para-hydroxylation sites is 2. The maximum atomic E-state index is 5.90. The number of benzene rings is 3. The van der Waals surface area contributed by atoms with E-state index in [9.17, 15) is 0 Å². The van der Waals surface area contributed by atoms with E-state index in [-0.39, 0.29) is 0 Å². The van der Waals surface area contributed by atoms with Crippen LogP contribution in [0.5, 0.6) is 23.0 Å². The number of methoxy groups -OCH3 is 2. The maximum Gasteiger partial charge on any atom is 0.169 e. The van der Waals surface area contributed by atoms with Crippen LogP contribution in [0.3, 0.4) is 0 Å². The lowest BCUT2D eigenvalue weighted by atomic mass is 10.3. The SMILES string of the molecule is COc1ccc(-n2ccc(C=Nc3ccc(Oc4ccccc4OC)cc3)c2)cc1. The lowest BCUT2D eigenvalue weighted by Crippen LogP contribution is -1.90. The van der Waals surface area contributed by atoms with Crippen LogP contribution in [0, 0.1) is 0 Å². The standard InChI is InChI=1S/C25H22N2O3/c1-28-22-13-9-21(10-14-22)27-16-15-19(18-27)17-26-20-7-11-23(12-8-20)30-25-6-4-3-5-24(25)29-2/h3-18H,1-2H3. The molecule has 0 saturated carbocycles. The lowest BCUT2D eigenvalue weighted by Gasteiger charge is -2.09. The number of rotatable bonds is 7. The largest absolute Gasteiger partial charge is 0.497 e. The van der Waals surface area contributed by atoms with Crippen molar-refractivity contribution in [3.8, 4) is 28.7 Å². The monoisotopic (exact) mass is 398 g/mol. The van der Waals surface area contributed by atoms with Crippen molar-refractivity contribution in [1.82, 2.24) is 4.57 Å². The topological polar surface area (TPSA) is 45.0 Å². The summed E-state index contributed by atoms with van der Waals surface area (Å²) in [5.41, 5.74) is 2.92. The molecule has 4 aromatic rings. The quantitative estimate of drug-likeness (QED) is 0.357. The van der Waals surface area contributed by atoms with Crippen molar-refractivity contribution in [2.24, 2.45) is 4.99 Å². The minimum Gasteiger partial charge on any atom is -0.497 e. The molecule has 30 heavy (non-hydrogen) atoms. The number of ether oxygens (including phenoxy) is 3. The van der Waals surface area contributed by atoms with Crippen LogP contribution < -0.4 is 14.2 Å². The van der Waals surface area contributed by atoms with E-state index < -0.39 is 0 Å².